The Hall–Kier alpha value is -2.55. The zero-order valence-corrected chi connectivity index (χ0v) is 16.0. The molecule has 0 spiro atoms. The topological polar surface area (TPSA) is 86.7 Å². The third-order valence-electron chi connectivity index (χ3n) is 3.83. The fraction of sp³-hybridized carbons (Fsp3) is 0.222. The van der Waals surface area contributed by atoms with E-state index in [1.54, 1.807) is 6.07 Å². The number of aromatic nitrogens is 1. The Morgan fingerprint density at radius 3 is 2.70 bits per heavy atom. The smallest absolute Gasteiger partial charge is 0.279 e. The molecule has 0 atom stereocenters. The van der Waals surface area contributed by atoms with E-state index in [1.807, 2.05) is 23.6 Å². The minimum Gasteiger partial charge on any atom is -0.380 e. The van der Waals surface area contributed by atoms with Crippen LogP contribution >= 0.6 is 22.9 Å². The molecule has 0 unspecified atom stereocenters. The molecular formula is C18H16ClN3O4S. The molecule has 0 aliphatic heterocycles. The standard InChI is InChI=1S/C18H16ClN3O4S/c1-2-26-10-9-21-15-8-5-13(19)11-16(15)27-18(21)20-17(23)12-3-6-14(7-4-12)22(24)25/h3-8,11H,2,9-10H2,1H3. The Morgan fingerprint density at radius 2 is 2.04 bits per heavy atom. The predicted octanol–water partition coefficient (Wildman–Crippen LogP) is 4.04. The van der Waals surface area contributed by atoms with Crippen molar-refractivity contribution in [2.45, 2.75) is 13.5 Å². The second-order valence-electron chi connectivity index (χ2n) is 5.57. The first-order valence-electron chi connectivity index (χ1n) is 8.19. The lowest BCUT2D eigenvalue weighted by atomic mass is 10.2. The molecule has 9 heteroatoms. The first kappa shape index (κ1) is 19.2. The van der Waals surface area contributed by atoms with Gasteiger partial charge in [-0.3, -0.25) is 14.9 Å². The fourth-order valence-electron chi connectivity index (χ4n) is 2.53. The third kappa shape index (κ3) is 4.41. The van der Waals surface area contributed by atoms with Crippen molar-refractivity contribution >= 4 is 44.7 Å². The summed E-state index contributed by atoms with van der Waals surface area (Å²) in [6.45, 7) is 3.55. The minimum absolute atomic E-state index is 0.0742. The summed E-state index contributed by atoms with van der Waals surface area (Å²) >= 11 is 7.42. The Balaban J connectivity index is 2.01. The Kier molecular flexibility index (Phi) is 6.00. The molecule has 3 aromatic rings. The summed E-state index contributed by atoms with van der Waals surface area (Å²) < 4.78 is 8.25. The van der Waals surface area contributed by atoms with Crippen LogP contribution in [-0.2, 0) is 11.3 Å². The fourth-order valence-corrected chi connectivity index (χ4v) is 3.86. The van der Waals surface area contributed by atoms with Gasteiger partial charge in [-0.25, -0.2) is 0 Å². The number of hydrogen-bond acceptors (Lipinski definition) is 5. The van der Waals surface area contributed by atoms with Gasteiger partial charge in [0, 0.05) is 35.9 Å². The zero-order valence-electron chi connectivity index (χ0n) is 14.4. The van der Waals surface area contributed by atoms with Crippen LogP contribution < -0.4 is 4.80 Å². The average molecular weight is 406 g/mol. The number of nitrogens with zero attached hydrogens (tertiary/aromatic N) is 3. The van der Waals surface area contributed by atoms with Gasteiger partial charge in [0.15, 0.2) is 4.80 Å². The summed E-state index contributed by atoms with van der Waals surface area (Å²) in [5.41, 5.74) is 1.13. The Labute approximate surface area is 163 Å². The molecule has 2 aromatic carbocycles. The number of rotatable bonds is 6. The molecule has 27 heavy (non-hydrogen) atoms. The molecule has 3 rings (SSSR count). The number of nitro benzene ring substituents is 1. The third-order valence-corrected chi connectivity index (χ3v) is 5.11. The molecule has 0 saturated carbocycles. The molecule has 0 radical (unpaired) electrons. The highest BCUT2D eigenvalue weighted by Gasteiger charge is 2.11. The number of non-ortho nitro benzene ring substituents is 1. The van der Waals surface area contributed by atoms with Gasteiger partial charge < -0.3 is 9.30 Å². The molecule has 0 aliphatic carbocycles. The van der Waals surface area contributed by atoms with Gasteiger partial charge in [-0.2, -0.15) is 4.99 Å². The second kappa shape index (κ2) is 8.43. The van der Waals surface area contributed by atoms with E-state index in [2.05, 4.69) is 4.99 Å². The van der Waals surface area contributed by atoms with Crippen LogP contribution in [0, 0.1) is 10.1 Å². The van der Waals surface area contributed by atoms with Crippen molar-refractivity contribution in [2.75, 3.05) is 13.2 Å². The minimum atomic E-state index is -0.511. The summed E-state index contributed by atoms with van der Waals surface area (Å²) in [5, 5.41) is 11.3. The number of thiazole rings is 1. The van der Waals surface area contributed by atoms with Crippen molar-refractivity contribution in [1.82, 2.24) is 4.57 Å². The number of hydrogen-bond donors (Lipinski definition) is 0. The molecule has 0 aliphatic rings. The molecule has 0 saturated heterocycles. The van der Waals surface area contributed by atoms with Gasteiger partial charge >= 0.3 is 0 Å². The SMILES string of the molecule is CCOCCn1c(=NC(=O)c2ccc([N+](=O)[O-])cc2)sc2cc(Cl)ccc21. The van der Waals surface area contributed by atoms with E-state index in [4.69, 9.17) is 16.3 Å². The van der Waals surface area contributed by atoms with Gasteiger partial charge in [-0.15, -0.1) is 0 Å². The number of ether oxygens (including phenoxy) is 1. The number of amides is 1. The summed E-state index contributed by atoms with van der Waals surface area (Å²) in [6.07, 6.45) is 0. The van der Waals surface area contributed by atoms with Gasteiger partial charge in [0.2, 0.25) is 0 Å². The van der Waals surface area contributed by atoms with Crippen LogP contribution in [0.3, 0.4) is 0 Å². The number of carbonyl (C=O) groups excluding carboxylic acids is 1. The molecule has 1 amide bonds. The molecule has 7 nitrogen and oxygen atoms in total. The maximum atomic E-state index is 12.5. The zero-order chi connectivity index (χ0) is 19.4. The molecule has 0 fully saturated rings. The molecule has 0 N–H and O–H groups in total. The highest BCUT2D eigenvalue weighted by molar-refractivity contribution is 7.16. The maximum Gasteiger partial charge on any atom is 0.279 e. The summed E-state index contributed by atoms with van der Waals surface area (Å²) in [4.78, 5) is 27.5. The van der Waals surface area contributed by atoms with Crippen LogP contribution in [0.5, 0.6) is 0 Å². The van der Waals surface area contributed by atoms with Crippen LogP contribution in [0.25, 0.3) is 10.2 Å². The molecule has 140 valence electrons. The first-order valence-corrected chi connectivity index (χ1v) is 9.39. The number of fused-ring (bicyclic) bond motifs is 1. The van der Waals surface area contributed by atoms with Gasteiger partial charge in [0.05, 0.1) is 21.7 Å². The van der Waals surface area contributed by atoms with E-state index in [-0.39, 0.29) is 11.3 Å². The lowest BCUT2D eigenvalue weighted by Crippen LogP contribution is -2.19. The van der Waals surface area contributed by atoms with Gasteiger partial charge in [-0.05, 0) is 37.3 Å². The van der Waals surface area contributed by atoms with E-state index in [9.17, 15) is 14.9 Å². The number of benzene rings is 2. The Bertz CT molecular complexity index is 1060. The highest BCUT2D eigenvalue weighted by atomic mass is 35.5. The van der Waals surface area contributed by atoms with Crippen molar-refractivity contribution in [3.8, 4) is 0 Å². The monoisotopic (exact) mass is 405 g/mol. The molecule has 1 heterocycles. The Morgan fingerprint density at radius 1 is 1.30 bits per heavy atom. The lowest BCUT2D eigenvalue weighted by Gasteiger charge is -2.05. The van der Waals surface area contributed by atoms with Crippen molar-refractivity contribution in [3.63, 3.8) is 0 Å². The van der Waals surface area contributed by atoms with Gasteiger partial charge in [0.25, 0.3) is 11.6 Å². The number of nitro groups is 1. The predicted molar refractivity (Wildman–Crippen MR) is 104 cm³/mol. The maximum absolute atomic E-state index is 12.5. The van der Waals surface area contributed by atoms with Crippen LogP contribution in [0.15, 0.2) is 47.5 Å². The van der Waals surface area contributed by atoms with Crippen molar-refractivity contribution < 1.29 is 14.5 Å². The summed E-state index contributed by atoms with van der Waals surface area (Å²) in [6, 6.07) is 10.9. The quantitative estimate of drug-likeness (QED) is 0.352. The molecule has 1 aromatic heterocycles. The van der Waals surface area contributed by atoms with Crippen LogP contribution in [0.4, 0.5) is 5.69 Å². The second-order valence-corrected chi connectivity index (χ2v) is 7.01. The van der Waals surface area contributed by atoms with E-state index < -0.39 is 10.8 Å². The van der Waals surface area contributed by atoms with Crippen molar-refractivity contribution in [2.24, 2.45) is 4.99 Å². The first-order chi connectivity index (χ1) is 13.0. The van der Waals surface area contributed by atoms with Gasteiger partial charge in [-0.1, -0.05) is 22.9 Å². The normalized spacial score (nSPS) is 11.9. The van der Waals surface area contributed by atoms with E-state index >= 15 is 0 Å². The van der Waals surface area contributed by atoms with Crippen molar-refractivity contribution in [1.29, 1.82) is 0 Å². The molecular weight excluding hydrogens is 390 g/mol. The average Bonchev–Trinajstić information content (AvgIpc) is 2.98. The van der Waals surface area contributed by atoms with Crippen LogP contribution in [-0.4, -0.2) is 28.6 Å². The lowest BCUT2D eigenvalue weighted by molar-refractivity contribution is -0.384. The molecule has 0 bridgehead atoms. The van der Waals surface area contributed by atoms with Crippen molar-refractivity contribution in [3.05, 3.63) is 68.0 Å². The van der Waals surface area contributed by atoms with Crippen LogP contribution in [0.2, 0.25) is 5.02 Å². The highest BCUT2D eigenvalue weighted by Crippen LogP contribution is 2.22. The largest absolute Gasteiger partial charge is 0.380 e. The number of halogens is 1. The van der Waals surface area contributed by atoms with E-state index in [0.717, 1.165) is 10.2 Å². The number of carbonyl (C=O) groups is 1. The summed E-state index contributed by atoms with van der Waals surface area (Å²) in [7, 11) is 0. The van der Waals surface area contributed by atoms with Crippen LogP contribution in [0.1, 0.15) is 17.3 Å². The van der Waals surface area contributed by atoms with E-state index in [0.29, 0.717) is 29.6 Å². The van der Waals surface area contributed by atoms with E-state index in [1.165, 1.54) is 35.6 Å². The van der Waals surface area contributed by atoms with Gasteiger partial charge in [0.1, 0.15) is 0 Å². The summed E-state index contributed by atoms with van der Waals surface area (Å²) in [5.74, 6) is -0.465.